The number of carbonyl (C=O) groups is 2. The maximum Gasteiger partial charge on any atom is 0.416 e. The molecule has 0 atom stereocenters. The fourth-order valence-corrected chi connectivity index (χ4v) is 2.24. The monoisotopic (exact) mass is 406 g/mol. The Bertz CT molecular complexity index is 925. The van der Waals surface area contributed by atoms with Crippen LogP contribution in [0.3, 0.4) is 0 Å². The minimum Gasteiger partial charge on any atom is -0.452 e. The molecule has 0 aliphatic carbocycles. The van der Waals surface area contributed by atoms with Gasteiger partial charge in [-0.1, -0.05) is 6.07 Å². The lowest BCUT2D eigenvalue weighted by Gasteiger charge is -2.16. The normalized spacial score (nSPS) is 10.7. The average molecular weight is 406 g/mol. The second kappa shape index (κ2) is 9.54. The van der Waals surface area contributed by atoms with Crippen LogP contribution in [0.4, 0.5) is 24.7 Å². The van der Waals surface area contributed by atoms with Gasteiger partial charge in [-0.3, -0.25) is 4.79 Å². The van der Waals surface area contributed by atoms with Crippen LogP contribution in [0.1, 0.15) is 22.3 Å². The molecule has 0 fully saturated rings. The van der Waals surface area contributed by atoms with Crippen molar-refractivity contribution in [3.8, 4) is 6.07 Å². The summed E-state index contributed by atoms with van der Waals surface area (Å²) in [6.45, 7) is -0.346. The van der Waals surface area contributed by atoms with E-state index in [1.807, 2.05) is 6.07 Å². The van der Waals surface area contributed by atoms with Crippen molar-refractivity contribution in [1.82, 2.24) is 9.88 Å². The summed E-state index contributed by atoms with van der Waals surface area (Å²) in [4.78, 5) is 29.4. The maximum atomic E-state index is 12.9. The van der Waals surface area contributed by atoms with Crippen LogP contribution in [-0.2, 0) is 15.7 Å². The van der Waals surface area contributed by atoms with E-state index in [1.165, 1.54) is 42.4 Å². The Kier molecular flexibility index (Phi) is 7.14. The van der Waals surface area contributed by atoms with Crippen molar-refractivity contribution < 1.29 is 27.5 Å². The van der Waals surface area contributed by atoms with Crippen molar-refractivity contribution in [2.75, 3.05) is 25.5 Å². The molecule has 0 saturated heterocycles. The highest BCUT2D eigenvalue weighted by Gasteiger charge is 2.30. The molecular formula is C19H17F3N4O3. The predicted octanol–water partition coefficient (Wildman–Crippen LogP) is 3.37. The summed E-state index contributed by atoms with van der Waals surface area (Å²) in [6.07, 6.45) is -3.01. The van der Waals surface area contributed by atoms with Crippen LogP contribution in [0, 0.1) is 11.3 Å². The van der Waals surface area contributed by atoms with Gasteiger partial charge in [0.05, 0.1) is 18.1 Å². The molecule has 0 aliphatic heterocycles. The number of hydrogen-bond acceptors (Lipinski definition) is 6. The van der Waals surface area contributed by atoms with Gasteiger partial charge in [0.1, 0.15) is 11.4 Å². The third-order valence-corrected chi connectivity index (χ3v) is 3.79. The molecule has 2 rings (SSSR count). The minimum atomic E-state index is -4.51. The third kappa shape index (κ3) is 6.21. The lowest BCUT2D eigenvalue weighted by atomic mass is 10.2. The van der Waals surface area contributed by atoms with Crippen LogP contribution < -0.4 is 5.32 Å². The van der Waals surface area contributed by atoms with Gasteiger partial charge in [-0.25, -0.2) is 9.78 Å². The molecule has 2 aromatic rings. The number of rotatable bonds is 7. The second-order valence-corrected chi connectivity index (χ2v) is 5.90. The van der Waals surface area contributed by atoms with Crippen molar-refractivity contribution in [3.05, 3.63) is 53.7 Å². The van der Waals surface area contributed by atoms with Crippen LogP contribution in [0.2, 0.25) is 0 Å². The summed E-state index contributed by atoms with van der Waals surface area (Å²) < 4.78 is 43.6. The molecule has 29 heavy (non-hydrogen) atoms. The first-order chi connectivity index (χ1) is 13.7. The first kappa shape index (κ1) is 21.7. The van der Waals surface area contributed by atoms with Crippen molar-refractivity contribution >= 4 is 23.4 Å². The van der Waals surface area contributed by atoms with E-state index in [-0.39, 0.29) is 30.0 Å². The number of nitriles is 1. The zero-order chi connectivity index (χ0) is 21.4. The number of pyridine rings is 1. The van der Waals surface area contributed by atoms with Crippen LogP contribution >= 0.6 is 0 Å². The molecule has 0 bridgehead atoms. The number of nitrogens with zero attached hydrogens (tertiary/aromatic N) is 3. The summed E-state index contributed by atoms with van der Waals surface area (Å²) in [6, 6.07) is 9.15. The molecule has 0 saturated carbocycles. The molecule has 1 N–H and O–H groups in total. The molecule has 152 valence electrons. The van der Waals surface area contributed by atoms with E-state index in [2.05, 4.69) is 10.3 Å². The molecule has 10 heteroatoms. The van der Waals surface area contributed by atoms with E-state index >= 15 is 0 Å². The molecule has 1 aromatic carbocycles. The Balaban J connectivity index is 2.10. The number of alkyl halides is 3. The topological polar surface area (TPSA) is 95.3 Å². The zero-order valence-electron chi connectivity index (χ0n) is 15.4. The molecule has 1 aromatic heterocycles. The first-order valence-electron chi connectivity index (χ1n) is 8.39. The maximum absolute atomic E-state index is 12.9. The number of benzene rings is 1. The molecule has 7 nitrogen and oxygen atoms in total. The van der Waals surface area contributed by atoms with Gasteiger partial charge in [-0.2, -0.15) is 18.4 Å². The molecule has 1 amide bonds. The summed E-state index contributed by atoms with van der Waals surface area (Å²) in [5.41, 5.74) is -0.814. The van der Waals surface area contributed by atoms with Gasteiger partial charge >= 0.3 is 12.1 Å². The zero-order valence-corrected chi connectivity index (χ0v) is 15.4. The third-order valence-electron chi connectivity index (χ3n) is 3.79. The SMILES string of the molecule is CN(CCC#N)C(=O)COC(=O)c1cccnc1Nc1cccc(C(F)(F)F)c1. The Morgan fingerprint density at radius 1 is 1.28 bits per heavy atom. The standard InChI is InChI=1S/C19H17F3N4O3/c1-26(10-4-8-23)16(27)12-29-18(28)15-7-3-9-24-17(15)25-14-6-2-5-13(11-14)19(20,21)22/h2-3,5-7,9,11H,4,10,12H2,1H3,(H,24,25). The number of ether oxygens (including phenoxy) is 1. The lowest BCUT2D eigenvalue weighted by Crippen LogP contribution is -2.32. The Hall–Kier alpha value is -3.61. The first-order valence-corrected chi connectivity index (χ1v) is 8.39. The van der Waals surface area contributed by atoms with Crippen LogP contribution in [0.5, 0.6) is 0 Å². The minimum absolute atomic E-state index is 0.0119. The lowest BCUT2D eigenvalue weighted by molar-refractivity contribution is -0.137. The number of carbonyl (C=O) groups excluding carboxylic acids is 2. The smallest absolute Gasteiger partial charge is 0.416 e. The van der Waals surface area contributed by atoms with E-state index in [1.54, 1.807) is 0 Å². The average Bonchev–Trinajstić information content (AvgIpc) is 2.70. The van der Waals surface area contributed by atoms with Crippen molar-refractivity contribution in [1.29, 1.82) is 5.26 Å². The van der Waals surface area contributed by atoms with Crippen LogP contribution in [0.15, 0.2) is 42.6 Å². The van der Waals surface area contributed by atoms with E-state index in [4.69, 9.17) is 10.00 Å². The van der Waals surface area contributed by atoms with E-state index in [0.717, 1.165) is 12.1 Å². The number of likely N-dealkylation sites (N-methyl/N-ethyl adjacent to an activating group) is 1. The van der Waals surface area contributed by atoms with Gasteiger partial charge in [0.25, 0.3) is 5.91 Å². The highest BCUT2D eigenvalue weighted by molar-refractivity contribution is 5.96. The quantitative estimate of drug-likeness (QED) is 0.709. The summed E-state index contributed by atoms with van der Waals surface area (Å²) >= 11 is 0. The number of halogens is 3. The Labute approximate surface area is 164 Å². The van der Waals surface area contributed by atoms with Gasteiger partial charge in [-0.15, -0.1) is 0 Å². The van der Waals surface area contributed by atoms with Gasteiger partial charge in [-0.05, 0) is 30.3 Å². The number of anilines is 2. The molecule has 0 unspecified atom stereocenters. The molecule has 0 spiro atoms. The Morgan fingerprint density at radius 3 is 2.72 bits per heavy atom. The highest BCUT2D eigenvalue weighted by Crippen LogP contribution is 2.31. The van der Waals surface area contributed by atoms with Gasteiger partial charge in [0, 0.05) is 25.5 Å². The number of amides is 1. The number of nitrogens with one attached hydrogen (secondary N) is 1. The highest BCUT2D eigenvalue weighted by atomic mass is 19.4. The number of hydrogen-bond donors (Lipinski definition) is 1. The van der Waals surface area contributed by atoms with Crippen molar-refractivity contribution in [3.63, 3.8) is 0 Å². The number of esters is 1. The predicted molar refractivity (Wildman–Crippen MR) is 97.1 cm³/mol. The van der Waals surface area contributed by atoms with Crippen LogP contribution in [0.25, 0.3) is 0 Å². The second-order valence-electron chi connectivity index (χ2n) is 5.90. The van der Waals surface area contributed by atoms with Gasteiger partial charge in [0.15, 0.2) is 6.61 Å². The van der Waals surface area contributed by atoms with E-state index in [0.29, 0.717) is 0 Å². The summed E-state index contributed by atoms with van der Waals surface area (Å²) in [7, 11) is 1.47. The van der Waals surface area contributed by atoms with E-state index < -0.39 is 30.2 Å². The fourth-order valence-electron chi connectivity index (χ4n) is 2.24. The molecule has 1 heterocycles. The Morgan fingerprint density at radius 2 is 2.03 bits per heavy atom. The van der Waals surface area contributed by atoms with Crippen LogP contribution in [-0.4, -0.2) is 42.0 Å². The number of aromatic nitrogens is 1. The fraction of sp³-hybridized carbons (Fsp3) is 0.263. The molecule has 0 radical (unpaired) electrons. The van der Waals surface area contributed by atoms with Gasteiger partial charge in [0.2, 0.25) is 0 Å². The summed E-state index contributed by atoms with van der Waals surface area (Å²) in [5, 5.41) is 11.2. The van der Waals surface area contributed by atoms with E-state index in [9.17, 15) is 22.8 Å². The largest absolute Gasteiger partial charge is 0.452 e. The van der Waals surface area contributed by atoms with Crippen molar-refractivity contribution in [2.24, 2.45) is 0 Å². The molecule has 0 aliphatic rings. The summed E-state index contributed by atoms with van der Waals surface area (Å²) in [5.74, 6) is -1.37. The van der Waals surface area contributed by atoms with Crippen molar-refractivity contribution in [2.45, 2.75) is 12.6 Å². The molecular weight excluding hydrogens is 389 g/mol. The van der Waals surface area contributed by atoms with Gasteiger partial charge < -0.3 is 15.0 Å².